The number of carbonyl (C=O) groups excluding carboxylic acids is 1. The van der Waals surface area contributed by atoms with Crippen LogP contribution in [0, 0.1) is 11.8 Å². The second-order valence-corrected chi connectivity index (χ2v) is 8.36. The summed E-state index contributed by atoms with van der Waals surface area (Å²) in [6.07, 6.45) is 6.39. The van der Waals surface area contributed by atoms with Gasteiger partial charge in [-0.1, -0.05) is 18.2 Å². The third-order valence-corrected chi connectivity index (χ3v) is 5.02. The Kier molecular flexibility index (Phi) is 4.79. The minimum atomic E-state index is -0.454. The first-order valence-electron chi connectivity index (χ1n) is 9.61. The number of allylic oxidation sites excluding steroid dienone is 1. The molecule has 0 N–H and O–H groups in total. The second-order valence-electron chi connectivity index (χ2n) is 8.36. The minimum Gasteiger partial charge on any atom is -0.444 e. The zero-order valence-electron chi connectivity index (χ0n) is 16.5. The van der Waals surface area contributed by atoms with Crippen molar-refractivity contribution in [1.82, 2.24) is 14.9 Å². The lowest BCUT2D eigenvalue weighted by molar-refractivity contribution is 0.0285. The average Bonchev–Trinajstić information content (AvgIpc) is 3.21. The zero-order valence-corrected chi connectivity index (χ0v) is 16.5. The molecule has 28 heavy (non-hydrogen) atoms. The molecule has 1 saturated heterocycles. The van der Waals surface area contributed by atoms with Crippen molar-refractivity contribution in [1.29, 1.82) is 0 Å². The van der Waals surface area contributed by atoms with Gasteiger partial charge in [-0.05, 0) is 68.4 Å². The van der Waals surface area contributed by atoms with Crippen molar-refractivity contribution in [2.24, 2.45) is 11.8 Å². The van der Waals surface area contributed by atoms with Gasteiger partial charge in [0.05, 0.1) is 0 Å². The fourth-order valence-electron chi connectivity index (χ4n) is 3.78. The number of ether oxygens (including phenoxy) is 2. The number of hydrogen-bond donors (Lipinski definition) is 0. The van der Waals surface area contributed by atoms with Crippen molar-refractivity contribution in [3.8, 4) is 11.8 Å². The van der Waals surface area contributed by atoms with Crippen molar-refractivity contribution < 1.29 is 14.3 Å². The lowest BCUT2D eigenvalue weighted by Crippen LogP contribution is -2.35. The van der Waals surface area contributed by atoms with Crippen LogP contribution < -0.4 is 4.74 Å². The highest BCUT2D eigenvalue weighted by molar-refractivity contribution is 5.72. The number of hydrogen-bond acceptors (Lipinski definition) is 5. The van der Waals surface area contributed by atoms with Crippen molar-refractivity contribution >= 4 is 11.7 Å². The normalized spacial score (nSPS) is 21.2. The standard InChI is InChI=1S/C22H25N3O3/c1-22(2,3)28-21(26)25-13-17-11-16(12-18(17)14-25)15-5-7-19(8-6-15)27-20-23-9-4-10-24-20/h4-11,17-18H,12-14H2,1-3H3/t17-,18?/m0/s1. The zero-order chi connectivity index (χ0) is 19.7. The monoisotopic (exact) mass is 379 g/mol. The Morgan fingerprint density at radius 2 is 1.82 bits per heavy atom. The molecule has 1 unspecified atom stereocenters. The molecule has 4 rings (SSSR count). The Hall–Kier alpha value is -2.89. The van der Waals surface area contributed by atoms with E-state index in [0.29, 0.717) is 23.6 Å². The average molecular weight is 379 g/mol. The molecule has 0 bridgehead atoms. The van der Waals surface area contributed by atoms with Gasteiger partial charge in [-0.3, -0.25) is 0 Å². The fraction of sp³-hybridized carbons (Fsp3) is 0.409. The molecule has 1 aliphatic heterocycles. The van der Waals surface area contributed by atoms with E-state index in [1.54, 1.807) is 18.5 Å². The lowest BCUT2D eigenvalue weighted by atomic mass is 9.98. The van der Waals surface area contributed by atoms with E-state index in [2.05, 4.69) is 28.2 Å². The summed E-state index contributed by atoms with van der Waals surface area (Å²) in [5, 5.41) is 0. The van der Waals surface area contributed by atoms with Crippen LogP contribution in [-0.2, 0) is 4.74 Å². The van der Waals surface area contributed by atoms with Crippen LogP contribution in [-0.4, -0.2) is 39.7 Å². The Balaban J connectivity index is 1.38. The van der Waals surface area contributed by atoms with Crippen LogP contribution in [0.5, 0.6) is 11.8 Å². The van der Waals surface area contributed by atoms with E-state index in [1.807, 2.05) is 37.8 Å². The fourth-order valence-corrected chi connectivity index (χ4v) is 3.78. The van der Waals surface area contributed by atoms with E-state index in [1.165, 1.54) is 11.1 Å². The molecule has 2 aliphatic rings. The maximum Gasteiger partial charge on any atom is 0.410 e. The predicted molar refractivity (Wildman–Crippen MR) is 106 cm³/mol. The molecule has 0 radical (unpaired) electrons. The molecule has 6 nitrogen and oxygen atoms in total. The van der Waals surface area contributed by atoms with Gasteiger partial charge in [-0.2, -0.15) is 0 Å². The van der Waals surface area contributed by atoms with E-state index in [9.17, 15) is 4.79 Å². The number of carbonyl (C=O) groups is 1. The summed E-state index contributed by atoms with van der Waals surface area (Å²) in [7, 11) is 0. The summed E-state index contributed by atoms with van der Waals surface area (Å²) in [5.74, 6) is 1.58. The third kappa shape index (κ3) is 4.16. The Morgan fingerprint density at radius 1 is 1.11 bits per heavy atom. The molecular weight excluding hydrogens is 354 g/mol. The molecule has 1 fully saturated rings. The Morgan fingerprint density at radius 3 is 2.46 bits per heavy atom. The first-order valence-corrected chi connectivity index (χ1v) is 9.61. The van der Waals surface area contributed by atoms with Crippen LogP contribution in [0.4, 0.5) is 4.79 Å². The lowest BCUT2D eigenvalue weighted by Gasteiger charge is -2.24. The number of fused-ring (bicyclic) bond motifs is 1. The van der Waals surface area contributed by atoms with Gasteiger partial charge in [0.1, 0.15) is 11.4 Å². The molecule has 1 aliphatic carbocycles. The number of rotatable bonds is 3. The first kappa shape index (κ1) is 18.5. The number of nitrogens with zero attached hydrogens (tertiary/aromatic N) is 3. The van der Waals surface area contributed by atoms with E-state index >= 15 is 0 Å². The number of amides is 1. The van der Waals surface area contributed by atoms with Crippen molar-refractivity contribution in [3.63, 3.8) is 0 Å². The maximum atomic E-state index is 12.3. The molecular formula is C22H25N3O3. The molecule has 2 heterocycles. The molecule has 1 aromatic heterocycles. The van der Waals surface area contributed by atoms with Gasteiger partial charge in [0.2, 0.25) is 0 Å². The SMILES string of the molecule is CC(C)(C)OC(=O)N1CC2CC(c3ccc(Oc4ncccn4)cc3)=C[C@H]2C1. The molecule has 2 aromatic rings. The van der Waals surface area contributed by atoms with Crippen LogP contribution >= 0.6 is 0 Å². The summed E-state index contributed by atoms with van der Waals surface area (Å²) in [4.78, 5) is 22.3. The summed E-state index contributed by atoms with van der Waals surface area (Å²) in [6, 6.07) is 10.1. The molecule has 1 amide bonds. The van der Waals surface area contributed by atoms with Gasteiger partial charge in [-0.25, -0.2) is 14.8 Å². The molecule has 2 atom stereocenters. The quantitative estimate of drug-likeness (QED) is 0.783. The highest BCUT2D eigenvalue weighted by Crippen LogP contribution is 2.41. The first-order chi connectivity index (χ1) is 13.4. The molecule has 0 spiro atoms. The van der Waals surface area contributed by atoms with Gasteiger partial charge in [0, 0.05) is 25.5 Å². The number of benzene rings is 1. The molecule has 6 heteroatoms. The predicted octanol–water partition coefficient (Wildman–Crippen LogP) is 4.54. The van der Waals surface area contributed by atoms with Crippen LogP contribution in [0.25, 0.3) is 5.57 Å². The van der Waals surface area contributed by atoms with Crippen LogP contribution in [0.2, 0.25) is 0 Å². The van der Waals surface area contributed by atoms with Crippen LogP contribution in [0.15, 0.2) is 48.8 Å². The van der Waals surface area contributed by atoms with Gasteiger partial charge >= 0.3 is 12.1 Å². The van der Waals surface area contributed by atoms with E-state index in [0.717, 1.165) is 19.5 Å². The highest BCUT2D eigenvalue weighted by Gasteiger charge is 2.39. The minimum absolute atomic E-state index is 0.207. The van der Waals surface area contributed by atoms with Gasteiger partial charge in [0.25, 0.3) is 0 Å². The van der Waals surface area contributed by atoms with Crippen molar-refractivity contribution in [3.05, 3.63) is 54.4 Å². The molecule has 1 aromatic carbocycles. The maximum absolute atomic E-state index is 12.3. The van der Waals surface area contributed by atoms with Crippen LogP contribution in [0.3, 0.4) is 0 Å². The smallest absolute Gasteiger partial charge is 0.410 e. The second kappa shape index (κ2) is 7.26. The molecule has 0 saturated carbocycles. The summed E-state index contributed by atoms with van der Waals surface area (Å²) in [5.41, 5.74) is 2.07. The van der Waals surface area contributed by atoms with E-state index in [4.69, 9.17) is 9.47 Å². The van der Waals surface area contributed by atoms with Gasteiger partial charge < -0.3 is 14.4 Å². The number of likely N-dealkylation sites (tertiary alicyclic amines) is 1. The summed E-state index contributed by atoms with van der Waals surface area (Å²) < 4.78 is 11.2. The molecule has 146 valence electrons. The summed E-state index contributed by atoms with van der Waals surface area (Å²) in [6.45, 7) is 7.19. The largest absolute Gasteiger partial charge is 0.444 e. The Bertz CT molecular complexity index is 872. The van der Waals surface area contributed by atoms with Crippen molar-refractivity contribution in [2.75, 3.05) is 13.1 Å². The Labute approximate surface area is 165 Å². The highest BCUT2D eigenvalue weighted by atomic mass is 16.6. The van der Waals surface area contributed by atoms with E-state index < -0.39 is 5.60 Å². The van der Waals surface area contributed by atoms with Crippen molar-refractivity contribution in [2.45, 2.75) is 32.8 Å². The third-order valence-electron chi connectivity index (χ3n) is 5.02. The number of aromatic nitrogens is 2. The van der Waals surface area contributed by atoms with Crippen LogP contribution in [0.1, 0.15) is 32.8 Å². The van der Waals surface area contributed by atoms with Gasteiger partial charge in [0.15, 0.2) is 0 Å². The topological polar surface area (TPSA) is 64.5 Å². The summed E-state index contributed by atoms with van der Waals surface area (Å²) >= 11 is 0. The van der Waals surface area contributed by atoms with Gasteiger partial charge in [-0.15, -0.1) is 0 Å². The van der Waals surface area contributed by atoms with E-state index in [-0.39, 0.29) is 6.09 Å².